The Labute approximate surface area is 152 Å². The SMILES string of the molecule is CNS(=O)(=O)c1cc(C(=O)N[C@H]2CCOc3ccccc32)ccc1OC. The Hall–Kier alpha value is -2.58. The van der Waals surface area contributed by atoms with Crippen LogP contribution in [0.15, 0.2) is 47.4 Å². The van der Waals surface area contributed by atoms with Gasteiger partial charge in [0.1, 0.15) is 16.4 Å². The molecule has 26 heavy (non-hydrogen) atoms. The fraction of sp³-hybridized carbons (Fsp3) is 0.278. The second-order valence-electron chi connectivity index (χ2n) is 5.77. The molecule has 0 aromatic heterocycles. The Morgan fingerprint density at radius 3 is 2.73 bits per heavy atom. The molecule has 0 spiro atoms. The topological polar surface area (TPSA) is 93.7 Å². The number of amides is 1. The van der Waals surface area contributed by atoms with Crippen molar-refractivity contribution in [2.75, 3.05) is 20.8 Å². The van der Waals surface area contributed by atoms with Gasteiger partial charge in [-0.15, -0.1) is 0 Å². The first-order valence-corrected chi connectivity index (χ1v) is 9.59. The molecule has 0 aliphatic carbocycles. The molecule has 1 aliphatic heterocycles. The molecule has 0 bridgehead atoms. The summed E-state index contributed by atoms with van der Waals surface area (Å²) in [5.41, 5.74) is 1.15. The Bertz CT molecular complexity index is 927. The summed E-state index contributed by atoms with van der Waals surface area (Å²) in [7, 11) is -1.07. The number of sulfonamides is 1. The predicted octanol–water partition coefficient (Wildman–Crippen LogP) is 1.86. The van der Waals surface area contributed by atoms with Crippen LogP contribution in [0.1, 0.15) is 28.4 Å². The highest BCUT2D eigenvalue weighted by molar-refractivity contribution is 7.89. The Kier molecular flexibility index (Phi) is 5.15. The molecule has 0 saturated carbocycles. The number of fused-ring (bicyclic) bond motifs is 1. The van der Waals surface area contributed by atoms with Gasteiger partial charge in [0, 0.05) is 17.5 Å². The average molecular weight is 376 g/mol. The Morgan fingerprint density at radius 1 is 1.23 bits per heavy atom. The summed E-state index contributed by atoms with van der Waals surface area (Å²) in [5, 5.41) is 2.95. The zero-order chi connectivity index (χ0) is 18.7. The maximum absolute atomic E-state index is 12.7. The molecule has 0 saturated heterocycles. The van der Waals surface area contributed by atoms with Crippen LogP contribution in [0.2, 0.25) is 0 Å². The molecule has 2 aromatic rings. The number of carbonyl (C=O) groups excluding carboxylic acids is 1. The zero-order valence-electron chi connectivity index (χ0n) is 14.5. The van der Waals surface area contributed by atoms with Crippen molar-refractivity contribution in [2.24, 2.45) is 0 Å². The number of carbonyl (C=O) groups is 1. The molecule has 0 fully saturated rings. The van der Waals surface area contributed by atoms with Crippen LogP contribution in [0, 0.1) is 0 Å². The number of nitrogens with one attached hydrogen (secondary N) is 2. The second kappa shape index (κ2) is 7.35. The average Bonchev–Trinajstić information content (AvgIpc) is 2.67. The minimum Gasteiger partial charge on any atom is -0.495 e. The third kappa shape index (κ3) is 3.51. The third-order valence-electron chi connectivity index (χ3n) is 4.25. The van der Waals surface area contributed by atoms with Crippen LogP contribution in [-0.2, 0) is 10.0 Å². The van der Waals surface area contributed by atoms with E-state index in [4.69, 9.17) is 9.47 Å². The van der Waals surface area contributed by atoms with Crippen LogP contribution in [0.3, 0.4) is 0 Å². The first-order valence-electron chi connectivity index (χ1n) is 8.10. The minimum atomic E-state index is -3.75. The van der Waals surface area contributed by atoms with E-state index in [2.05, 4.69) is 10.0 Å². The van der Waals surface area contributed by atoms with Gasteiger partial charge in [0.15, 0.2) is 0 Å². The lowest BCUT2D eigenvalue weighted by atomic mass is 10.00. The van der Waals surface area contributed by atoms with E-state index in [0.29, 0.717) is 13.0 Å². The van der Waals surface area contributed by atoms with Crippen molar-refractivity contribution in [1.82, 2.24) is 10.0 Å². The van der Waals surface area contributed by atoms with E-state index in [-0.39, 0.29) is 28.2 Å². The molecule has 1 aliphatic rings. The van der Waals surface area contributed by atoms with Crippen molar-refractivity contribution in [3.05, 3.63) is 53.6 Å². The van der Waals surface area contributed by atoms with Crippen LogP contribution in [0.25, 0.3) is 0 Å². The van der Waals surface area contributed by atoms with Crippen LogP contribution in [0.5, 0.6) is 11.5 Å². The van der Waals surface area contributed by atoms with Crippen LogP contribution in [0.4, 0.5) is 0 Å². The molecular formula is C18H20N2O5S. The molecule has 138 valence electrons. The monoisotopic (exact) mass is 376 g/mol. The van der Waals surface area contributed by atoms with Crippen molar-refractivity contribution in [2.45, 2.75) is 17.4 Å². The highest BCUT2D eigenvalue weighted by atomic mass is 32.2. The first kappa shape index (κ1) is 18.2. The van der Waals surface area contributed by atoms with Gasteiger partial charge in [0.05, 0.1) is 19.8 Å². The van der Waals surface area contributed by atoms with Crippen LogP contribution < -0.4 is 19.5 Å². The number of rotatable bonds is 5. The Balaban J connectivity index is 1.89. The number of hydrogen-bond acceptors (Lipinski definition) is 5. The number of para-hydroxylation sites is 1. The zero-order valence-corrected chi connectivity index (χ0v) is 15.3. The summed E-state index contributed by atoms with van der Waals surface area (Å²) in [6.07, 6.45) is 0.639. The van der Waals surface area contributed by atoms with Crippen LogP contribution in [-0.4, -0.2) is 35.1 Å². The van der Waals surface area contributed by atoms with Crippen molar-refractivity contribution in [3.63, 3.8) is 0 Å². The lowest BCUT2D eigenvalue weighted by Crippen LogP contribution is -2.32. The van der Waals surface area contributed by atoms with Crippen molar-refractivity contribution < 1.29 is 22.7 Å². The molecule has 0 unspecified atom stereocenters. The molecule has 8 heteroatoms. The quantitative estimate of drug-likeness (QED) is 0.831. The maximum Gasteiger partial charge on any atom is 0.251 e. The smallest absolute Gasteiger partial charge is 0.251 e. The highest BCUT2D eigenvalue weighted by Crippen LogP contribution is 2.32. The normalized spacial score (nSPS) is 16.3. The first-order chi connectivity index (χ1) is 12.5. The van der Waals surface area contributed by atoms with E-state index in [9.17, 15) is 13.2 Å². The standard InChI is InChI=1S/C18H20N2O5S/c1-19-26(22,23)17-11-12(7-8-16(17)24-2)18(21)20-14-9-10-25-15-6-4-3-5-13(14)15/h3-8,11,14,19H,9-10H2,1-2H3,(H,20,21)/t14-/m0/s1. The van der Waals surface area contributed by atoms with E-state index in [1.54, 1.807) is 0 Å². The molecule has 1 atom stereocenters. The highest BCUT2D eigenvalue weighted by Gasteiger charge is 2.25. The predicted molar refractivity (Wildman–Crippen MR) is 96.0 cm³/mol. The van der Waals surface area contributed by atoms with Gasteiger partial charge >= 0.3 is 0 Å². The van der Waals surface area contributed by atoms with Crippen LogP contribution >= 0.6 is 0 Å². The molecule has 1 heterocycles. The van der Waals surface area contributed by atoms with Crippen molar-refractivity contribution in [3.8, 4) is 11.5 Å². The van der Waals surface area contributed by atoms with E-state index in [0.717, 1.165) is 11.3 Å². The van der Waals surface area contributed by atoms with Gasteiger partial charge in [-0.05, 0) is 31.3 Å². The van der Waals surface area contributed by atoms with E-state index in [1.165, 1.54) is 32.4 Å². The molecule has 7 nitrogen and oxygen atoms in total. The summed E-state index contributed by atoms with van der Waals surface area (Å²) in [5.74, 6) is 0.562. The van der Waals surface area contributed by atoms with Gasteiger partial charge < -0.3 is 14.8 Å². The van der Waals surface area contributed by atoms with E-state index in [1.807, 2.05) is 24.3 Å². The van der Waals surface area contributed by atoms with E-state index < -0.39 is 10.0 Å². The Morgan fingerprint density at radius 2 is 2.00 bits per heavy atom. The van der Waals surface area contributed by atoms with Crippen molar-refractivity contribution >= 4 is 15.9 Å². The number of hydrogen-bond donors (Lipinski definition) is 2. The molecule has 1 amide bonds. The summed E-state index contributed by atoms with van der Waals surface area (Å²) in [6.45, 7) is 0.504. The molecule has 0 radical (unpaired) electrons. The summed E-state index contributed by atoms with van der Waals surface area (Å²) in [6, 6.07) is 11.7. The fourth-order valence-corrected chi connectivity index (χ4v) is 3.79. The maximum atomic E-state index is 12.7. The third-order valence-corrected chi connectivity index (χ3v) is 5.68. The molecule has 2 aromatic carbocycles. The number of benzene rings is 2. The van der Waals surface area contributed by atoms with Gasteiger partial charge in [-0.1, -0.05) is 18.2 Å². The van der Waals surface area contributed by atoms with Gasteiger partial charge in [-0.25, -0.2) is 13.1 Å². The lowest BCUT2D eigenvalue weighted by molar-refractivity contribution is 0.0924. The molecular weight excluding hydrogens is 356 g/mol. The van der Waals surface area contributed by atoms with Gasteiger partial charge in [0.2, 0.25) is 10.0 Å². The second-order valence-corrected chi connectivity index (χ2v) is 7.63. The molecule has 3 rings (SSSR count). The summed E-state index contributed by atoms with van der Waals surface area (Å²) < 4.78 is 37.3. The van der Waals surface area contributed by atoms with Gasteiger partial charge in [0.25, 0.3) is 5.91 Å². The van der Waals surface area contributed by atoms with Gasteiger partial charge in [-0.3, -0.25) is 4.79 Å². The summed E-state index contributed by atoms with van der Waals surface area (Å²) >= 11 is 0. The number of methoxy groups -OCH3 is 1. The summed E-state index contributed by atoms with van der Waals surface area (Å²) in [4.78, 5) is 12.6. The number of ether oxygens (including phenoxy) is 2. The largest absolute Gasteiger partial charge is 0.495 e. The minimum absolute atomic E-state index is 0.0810. The lowest BCUT2D eigenvalue weighted by Gasteiger charge is -2.26. The fourth-order valence-electron chi connectivity index (χ4n) is 2.87. The molecule has 2 N–H and O–H groups in total. The van der Waals surface area contributed by atoms with Crippen molar-refractivity contribution in [1.29, 1.82) is 0 Å². The van der Waals surface area contributed by atoms with Gasteiger partial charge in [-0.2, -0.15) is 0 Å². The van der Waals surface area contributed by atoms with E-state index >= 15 is 0 Å².